The van der Waals surface area contributed by atoms with Gasteiger partial charge < -0.3 is 10.6 Å². The molecule has 4 nitrogen and oxygen atoms in total. The number of nitrogens with one attached hydrogen (secondary N) is 2. The summed E-state index contributed by atoms with van der Waals surface area (Å²) >= 11 is 1.57. The molecule has 0 radical (unpaired) electrons. The van der Waals surface area contributed by atoms with E-state index in [9.17, 15) is 4.79 Å². The predicted molar refractivity (Wildman–Crippen MR) is 83.3 cm³/mol. The van der Waals surface area contributed by atoms with Crippen LogP contribution in [-0.4, -0.2) is 17.4 Å². The molecule has 0 fully saturated rings. The molecule has 0 spiro atoms. The summed E-state index contributed by atoms with van der Waals surface area (Å²) in [7, 11) is 0. The number of aromatic nitrogens is 1. The highest BCUT2D eigenvalue weighted by Gasteiger charge is 2.16. The maximum absolute atomic E-state index is 12.4. The van der Waals surface area contributed by atoms with Crippen LogP contribution in [-0.2, 0) is 0 Å². The van der Waals surface area contributed by atoms with Crippen molar-refractivity contribution >= 4 is 22.9 Å². The number of aryl methyl sites for hydroxylation is 1. The molecule has 1 unspecified atom stereocenters. The Morgan fingerprint density at radius 2 is 2.15 bits per heavy atom. The molecule has 0 aliphatic rings. The second-order valence-electron chi connectivity index (χ2n) is 4.60. The average Bonchev–Trinajstić information content (AvgIpc) is 2.86. The van der Waals surface area contributed by atoms with Gasteiger partial charge in [-0.3, -0.25) is 4.79 Å². The van der Waals surface area contributed by atoms with Crippen molar-refractivity contribution in [2.24, 2.45) is 0 Å². The van der Waals surface area contributed by atoms with Gasteiger partial charge in [-0.15, -0.1) is 11.3 Å². The fourth-order valence-corrected chi connectivity index (χ4v) is 2.74. The molecule has 106 valence electrons. The smallest absolute Gasteiger partial charge is 0.253 e. The lowest BCUT2D eigenvalue weighted by atomic mass is 10.1. The van der Waals surface area contributed by atoms with Gasteiger partial charge in [0, 0.05) is 23.3 Å². The Morgan fingerprint density at radius 3 is 2.80 bits per heavy atom. The number of benzene rings is 1. The van der Waals surface area contributed by atoms with Crippen LogP contribution in [0.3, 0.4) is 0 Å². The lowest BCUT2D eigenvalue weighted by Gasteiger charge is -2.14. The SMILES string of the molecule is CCNc1ccccc1C(=O)NC(C)c1nc(C)cs1. The Balaban J connectivity index is 2.12. The number of rotatable bonds is 5. The van der Waals surface area contributed by atoms with Gasteiger partial charge in [-0.2, -0.15) is 0 Å². The number of hydrogen-bond acceptors (Lipinski definition) is 4. The van der Waals surface area contributed by atoms with E-state index in [1.54, 1.807) is 11.3 Å². The van der Waals surface area contributed by atoms with Crippen molar-refractivity contribution in [3.63, 3.8) is 0 Å². The highest BCUT2D eigenvalue weighted by molar-refractivity contribution is 7.09. The summed E-state index contributed by atoms with van der Waals surface area (Å²) in [5, 5.41) is 9.11. The van der Waals surface area contributed by atoms with Gasteiger partial charge in [0.2, 0.25) is 0 Å². The van der Waals surface area contributed by atoms with Gasteiger partial charge in [0.15, 0.2) is 0 Å². The highest BCUT2D eigenvalue weighted by atomic mass is 32.1. The molecule has 0 saturated carbocycles. The van der Waals surface area contributed by atoms with E-state index in [2.05, 4.69) is 15.6 Å². The van der Waals surface area contributed by atoms with Gasteiger partial charge in [-0.25, -0.2) is 4.98 Å². The van der Waals surface area contributed by atoms with Crippen LogP contribution >= 0.6 is 11.3 Å². The Kier molecular flexibility index (Phi) is 4.74. The minimum absolute atomic E-state index is 0.0816. The highest BCUT2D eigenvalue weighted by Crippen LogP contribution is 2.20. The quantitative estimate of drug-likeness (QED) is 0.887. The summed E-state index contributed by atoms with van der Waals surface area (Å²) in [5.74, 6) is -0.0816. The standard InChI is InChI=1S/C15H19N3OS/c1-4-16-13-8-6-5-7-12(13)14(19)18-11(3)15-17-10(2)9-20-15/h5-9,11,16H,4H2,1-3H3,(H,18,19). The normalized spacial score (nSPS) is 11.9. The zero-order valence-electron chi connectivity index (χ0n) is 11.9. The molecule has 0 aliphatic carbocycles. The van der Waals surface area contributed by atoms with Crippen LogP contribution in [0, 0.1) is 6.92 Å². The minimum atomic E-state index is -0.0871. The first kappa shape index (κ1) is 14.5. The number of thiazole rings is 1. The second-order valence-corrected chi connectivity index (χ2v) is 5.49. The van der Waals surface area contributed by atoms with Crippen LogP contribution in [0.5, 0.6) is 0 Å². The summed E-state index contributed by atoms with van der Waals surface area (Å²) in [6, 6.07) is 7.44. The summed E-state index contributed by atoms with van der Waals surface area (Å²) in [6.45, 7) is 6.70. The van der Waals surface area contributed by atoms with Crippen LogP contribution in [0.4, 0.5) is 5.69 Å². The van der Waals surface area contributed by atoms with Gasteiger partial charge in [0.25, 0.3) is 5.91 Å². The second kappa shape index (κ2) is 6.52. The maximum atomic E-state index is 12.4. The maximum Gasteiger partial charge on any atom is 0.253 e. The third-order valence-electron chi connectivity index (χ3n) is 2.89. The largest absolute Gasteiger partial charge is 0.385 e. The van der Waals surface area contributed by atoms with Gasteiger partial charge >= 0.3 is 0 Å². The molecule has 5 heteroatoms. The Labute approximate surface area is 123 Å². The van der Waals surface area contributed by atoms with E-state index in [0.717, 1.165) is 22.9 Å². The molecule has 2 rings (SSSR count). The number of amides is 1. The van der Waals surface area contributed by atoms with Gasteiger partial charge in [0.1, 0.15) is 5.01 Å². The average molecular weight is 289 g/mol. The first-order valence-corrected chi connectivity index (χ1v) is 7.55. The zero-order chi connectivity index (χ0) is 14.5. The molecule has 1 aromatic heterocycles. The van der Waals surface area contributed by atoms with Crippen LogP contribution < -0.4 is 10.6 Å². The van der Waals surface area contributed by atoms with E-state index in [1.807, 2.05) is 50.4 Å². The molecule has 0 aliphatic heterocycles. The fraction of sp³-hybridized carbons (Fsp3) is 0.333. The number of para-hydroxylation sites is 1. The molecule has 1 heterocycles. The third kappa shape index (κ3) is 3.36. The first-order valence-electron chi connectivity index (χ1n) is 6.67. The molecule has 2 aromatic rings. The van der Waals surface area contributed by atoms with Crippen molar-refractivity contribution < 1.29 is 4.79 Å². The van der Waals surface area contributed by atoms with Crippen molar-refractivity contribution in [1.29, 1.82) is 0 Å². The minimum Gasteiger partial charge on any atom is -0.385 e. The van der Waals surface area contributed by atoms with E-state index < -0.39 is 0 Å². The van der Waals surface area contributed by atoms with E-state index in [0.29, 0.717) is 5.56 Å². The molecular weight excluding hydrogens is 270 g/mol. The van der Waals surface area contributed by atoms with E-state index in [-0.39, 0.29) is 11.9 Å². The Morgan fingerprint density at radius 1 is 1.40 bits per heavy atom. The number of carbonyl (C=O) groups is 1. The van der Waals surface area contributed by atoms with Crippen LogP contribution in [0.15, 0.2) is 29.6 Å². The third-order valence-corrected chi connectivity index (χ3v) is 4.04. The molecular formula is C15H19N3OS. The summed E-state index contributed by atoms with van der Waals surface area (Å²) in [5.41, 5.74) is 2.50. The molecule has 0 saturated heterocycles. The first-order chi connectivity index (χ1) is 9.61. The van der Waals surface area contributed by atoms with Gasteiger partial charge in [-0.1, -0.05) is 12.1 Å². The number of hydrogen-bond donors (Lipinski definition) is 2. The number of anilines is 1. The topological polar surface area (TPSA) is 54.0 Å². The molecule has 2 N–H and O–H groups in total. The molecule has 1 amide bonds. The number of nitrogens with zero attached hydrogens (tertiary/aromatic N) is 1. The summed E-state index contributed by atoms with van der Waals surface area (Å²) in [4.78, 5) is 16.8. The van der Waals surface area contributed by atoms with E-state index >= 15 is 0 Å². The van der Waals surface area contributed by atoms with E-state index in [1.165, 1.54) is 0 Å². The Bertz CT molecular complexity index is 594. The van der Waals surface area contributed by atoms with Crippen molar-refractivity contribution in [3.8, 4) is 0 Å². The summed E-state index contributed by atoms with van der Waals surface area (Å²) in [6.07, 6.45) is 0. The number of carbonyl (C=O) groups excluding carboxylic acids is 1. The van der Waals surface area contributed by atoms with Crippen LogP contribution in [0.2, 0.25) is 0 Å². The summed E-state index contributed by atoms with van der Waals surface area (Å²) < 4.78 is 0. The van der Waals surface area contributed by atoms with Gasteiger partial charge in [0.05, 0.1) is 11.6 Å². The van der Waals surface area contributed by atoms with Crippen LogP contribution in [0.25, 0.3) is 0 Å². The zero-order valence-corrected chi connectivity index (χ0v) is 12.8. The Hall–Kier alpha value is -1.88. The molecule has 1 aromatic carbocycles. The van der Waals surface area contributed by atoms with Crippen LogP contribution in [0.1, 0.15) is 40.9 Å². The van der Waals surface area contributed by atoms with Crippen molar-refractivity contribution in [3.05, 3.63) is 45.9 Å². The van der Waals surface area contributed by atoms with Crippen molar-refractivity contribution in [1.82, 2.24) is 10.3 Å². The van der Waals surface area contributed by atoms with Crippen molar-refractivity contribution in [2.75, 3.05) is 11.9 Å². The lowest BCUT2D eigenvalue weighted by molar-refractivity contribution is 0.0940. The van der Waals surface area contributed by atoms with Gasteiger partial charge in [-0.05, 0) is 32.9 Å². The molecule has 20 heavy (non-hydrogen) atoms. The van der Waals surface area contributed by atoms with Crippen molar-refractivity contribution in [2.45, 2.75) is 26.8 Å². The lowest BCUT2D eigenvalue weighted by Crippen LogP contribution is -2.27. The fourth-order valence-electron chi connectivity index (χ4n) is 1.93. The molecule has 1 atom stereocenters. The predicted octanol–water partition coefficient (Wildman–Crippen LogP) is 3.37. The van der Waals surface area contributed by atoms with E-state index in [4.69, 9.17) is 0 Å². The monoisotopic (exact) mass is 289 g/mol. The molecule has 0 bridgehead atoms.